The summed E-state index contributed by atoms with van der Waals surface area (Å²) in [7, 11) is 0. The van der Waals surface area contributed by atoms with E-state index in [2.05, 4.69) is 112 Å². The van der Waals surface area contributed by atoms with Gasteiger partial charge in [0.2, 0.25) is 0 Å². The Labute approximate surface area is 496 Å². The molecule has 0 aliphatic rings. The van der Waals surface area contributed by atoms with Crippen LogP contribution in [0.3, 0.4) is 0 Å². The van der Waals surface area contributed by atoms with E-state index in [1.807, 2.05) is 6.08 Å². The van der Waals surface area contributed by atoms with Gasteiger partial charge in [0.15, 0.2) is 6.10 Å². The molecule has 0 aliphatic carbocycles. The summed E-state index contributed by atoms with van der Waals surface area (Å²) >= 11 is 0. The molecule has 0 aliphatic heterocycles. The fourth-order valence-electron chi connectivity index (χ4n) is 9.80. The lowest BCUT2D eigenvalue weighted by atomic mass is 10.0. The maximum absolute atomic E-state index is 12.9. The molecule has 0 saturated carbocycles. The molecular weight excluding hydrogens is 985 g/mol. The highest BCUT2D eigenvalue weighted by Gasteiger charge is 2.19. The zero-order valence-electron chi connectivity index (χ0n) is 52.8. The predicted octanol–water partition coefficient (Wildman–Crippen LogP) is 23.6. The molecule has 0 spiro atoms. The van der Waals surface area contributed by atoms with E-state index in [0.717, 1.165) is 89.9 Å². The molecule has 0 amide bonds. The second kappa shape index (κ2) is 67.8. The van der Waals surface area contributed by atoms with E-state index in [1.54, 1.807) is 0 Å². The first-order chi connectivity index (χ1) is 39.5. The summed E-state index contributed by atoms with van der Waals surface area (Å²) in [6.07, 6.45) is 91.7. The molecule has 460 valence electrons. The van der Waals surface area contributed by atoms with Crippen molar-refractivity contribution in [2.45, 2.75) is 341 Å². The smallest absolute Gasteiger partial charge is 0.306 e. The highest BCUT2D eigenvalue weighted by Crippen LogP contribution is 2.18. The van der Waals surface area contributed by atoms with Crippen LogP contribution in [-0.2, 0) is 28.6 Å². The molecule has 0 fully saturated rings. The highest BCUT2D eigenvalue weighted by molar-refractivity contribution is 5.71. The van der Waals surface area contributed by atoms with Gasteiger partial charge in [0.25, 0.3) is 0 Å². The number of rotatable bonds is 62. The third-order valence-electron chi connectivity index (χ3n) is 14.8. The zero-order valence-corrected chi connectivity index (χ0v) is 52.8. The van der Waals surface area contributed by atoms with E-state index in [4.69, 9.17) is 14.2 Å². The third kappa shape index (κ3) is 65.1. The van der Waals surface area contributed by atoms with Gasteiger partial charge in [-0.15, -0.1) is 0 Å². The fourth-order valence-corrected chi connectivity index (χ4v) is 9.80. The average molecular weight is 1110 g/mol. The first-order valence-corrected chi connectivity index (χ1v) is 34.2. The monoisotopic (exact) mass is 1110 g/mol. The number of unbranched alkanes of at least 4 members (excludes halogenated alkanes) is 35. The van der Waals surface area contributed by atoms with Crippen LogP contribution in [0.15, 0.2) is 97.2 Å². The normalized spacial score (nSPS) is 12.7. The molecule has 0 bridgehead atoms. The van der Waals surface area contributed by atoms with Crippen LogP contribution in [0, 0.1) is 0 Å². The maximum Gasteiger partial charge on any atom is 0.306 e. The summed E-state index contributed by atoms with van der Waals surface area (Å²) in [5.74, 6) is -0.963. The predicted molar refractivity (Wildman–Crippen MR) is 348 cm³/mol. The molecule has 0 saturated heterocycles. The second-order valence-corrected chi connectivity index (χ2v) is 22.7. The van der Waals surface area contributed by atoms with Crippen molar-refractivity contribution in [2.24, 2.45) is 0 Å². The molecule has 0 radical (unpaired) electrons. The van der Waals surface area contributed by atoms with Gasteiger partial charge in [-0.3, -0.25) is 14.4 Å². The SMILES string of the molecule is CC/C=C\C/C=C\C/C=C\C/C=C\CCCCCCCCCCCCCCCCCCCCC(=O)OCC(COC(=O)CC/C=C\C/C=C\C/C=C\C/C=C\CC)OC(=O)CCCCCCCCCCCCCCCCCCCC. The molecule has 6 nitrogen and oxygen atoms in total. The number of hydrogen-bond donors (Lipinski definition) is 0. The number of carbonyl (C=O) groups is 3. The summed E-state index contributed by atoms with van der Waals surface area (Å²) < 4.78 is 16.9. The van der Waals surface area contributed by atoms with Crippen molar-refractivity contribution in [1.82, 2.24) is 0 Å². The lowest BCUT2D eigenvalue weighted by Crippen LogP contribution is -2.30. The van der Waals surface area contributed by atoms with Crippen LogP contribution in [0.5, 0.6) is 0 Å². The lowest BCUT2D eigenvalue weighted by molar-refractivity contribution is -0.166. The van der Waals surface area contributed by atoms with Crippen LogP contribution in [-0.4, -0.2) is 37.2 Å². The Morgan fingerprint density at radius 3 is 0.838 bits per heavy atom. The molecule has 0 aromatic heterocycles. The highest BCUT2D eigenvalue weighted by atomic mass is 16.6. The molecule has 0 aromatic carbocycles. The van der Waals surface area contributed by atoms with Crippen molar-refractivity contribution in [3.8, 4) is 0 Å². The third-order valence-corrected chi connectivity index (χ3v) is 14.8. The minimum absolute atomic E-state index is 0.0948. The Hall–Kier alpha value is -3.67. The molecule has 0 N–H and O–H groups in total. The van der Waals surface area contributed by atoms with Crippen LogP contribution in [0.25, 0.3) is 0 Å². The largest absolute Gasteiger partial charge is 0.462 e. The zero-order chi connectivity index (χ0) is 57.8. The number of carbonyl (C=O) groups excluding carboxylic acids is 3. The number of esters is 3. The fraction of sp³-hybridized carbons (Fsp3) is 0.743. The summed E-state index contributed by atoms with van der Waals surface area (Å²) in [5.41, 5.74) is 0. The van der Waals surface area contributed by atoms with Crippen molar-refractivity contribution in [3.63, 3.8) is 0 Å². The minimum atomic E-state index is -0.804. The quantitative estimate of drug-likeness (QED) is 0.0261. The van der Waals surface area contributed by atoms with Crippen molar-refractivity contribution >= 4 is 17.9 Å². The Kier molecular flexibility index (Phi) is 64.7. The minimum Gasteiger partial charge on any atom is -0.462 e. The molecular formula is C74H128O6. The van der Waals surface area contributed by atoms with Gasteiger partial charge in [-0.05, 0) is 83.5 Å². The van der Waals surface area contributed by atoms with Crippen molar-refractivity contribution in [1.29, 1.82) is 0 Å². The summed E-state index contributed by atoms with van der Waals surface area (Å²) in [4.78, 5) is 38.3. The molecule has 0 heterocycles. The molecule has 0 aromatic rings. The average Bonchev–Trinajstić information content (AvgIpc) is 3.46. The summed E-state index contributed by atoms with van der Waals surface area (Å²) in [6, 6.07) is 0. The second-order valence-electron chi connectivity index (χ2n) is 22.7. The number of allylic oxidation sites excluding steroid dienone is 16. The van der Waals surface area contributed by atoms with Crippen LogP contribution >= 0.6 is 0 Å². The van der Waals surface area contributed by atoms with Gasteiger partial charge in [-0.25, -0.2) is 0 Å². The standard InChI is InChI=1S/C74H128O6/c1-4-7-10-13-16-19-22-25-27-29-31-32-33-34-35-36-37-38-39-40-41-42-43-45-46-49-52-55-58-61-64-67-73(76)79-70-71(69-78-72(75)66-63-60-57-54-51-48-24-21-18-15-12-9-6-3)80-74(77)68-65-62-59-56-53-50-47-44-30-28-26-23-20-17-14-11-8-5-2/h7,9-10,12,16,18-19,21,25,27,31-32,48,51,57,60,71H,4-6,8,11,13-15,17,20,22-24,26,28-30,33-47,49-50,52-56,58-59,61-70H2,1-3H3/b10-7-,12-9-,19-16-,21-18-,27-25-,32-31-,51-48-,60-57-. The van der Waals surface area contributed by atoms with Gasteiger partial charge in [-0.2, -0.15) is 0 Å². The maximum atomic E-state index is 12.9. The summed E-state index contributed by atoms with van der Waals surface area (Å²) in [5, 5.41) is 0. The van der Waals surface area contributed by atoms with Gasteiger partial charge in [0, 0.05) is 19.3 Å². The Balaban J connectivity index is 4.21. The van der Waals surface area contributed by atoms with Crippen LogP contribution < -0.4 is 0 Å². The molecule has 0 rings (SSSR count). The van der Waals surface area contributed by atoms with Gasteiger partial charge in [0.05, 0.1) is 0 Å². The molecule has 1 atom stereocenters. The van der Waals surface area contributed by atoms with E-state index in [1.165, 1.54) is 199 Å². The molecule has 80 heavy (non-hydrogen) atoms. The Bertz CT molecular complexity index is 1560. The van der Waals surface area contributed by atoms with Crippen molar-refractivity contribution in [3.05, 3.63) is 97.2 Å². The molecule has 6 heteroatoms. The summed E-state index contributed by atoms with van der Waals surface area (Å²) in [6.45, 7) is 6.39. The Morgan fingerprint density at radius 1 is 0.263 bits per heavy atom. The van der Waals surface area contributed by atoms with Crippen molar-refractivity contribution in [2.75, 3.05) is 13.2 Å². The van der Waals surface area contributed by atoms with E-state index >= 15 is 0 Å². The van der Waals surface area contributed by atoms with E-state index in [-0.39, 0.29) is 37.5 Å². The Morgan fingerprint density at radius 2 is 0.512 bits per heavy atom. The molecule has 1 unspecified atom stereocenters. The van der Waals surface area contributed by atoms with Gasteiger partial charge < -0.3 is 14.2 Å². The van der Waals surface area contributed by atoms with Gasteiger partial charge in [0.1, 0.15) is 13.2 Å². The van der Waals surface area contributed by atoms with Crippen LogP contribution in [0.1, 0.15) is 335 Å². The van der Waals surface area contributed by atoms with Gasteiger partial charge >= 0.3 is 17.9 Å². The lowest BCUT2D eigenvalue weighted by Gasteiger charge is -2.18. The first kappa shape index (κ1) is 76.3. The van der Waals surface area contributed by atoms with E-state index in [9.17, 15) is 14.4 Å². The van der Waals surface area contributed by atoms with Gasteiger partial charge in [-0.1, -0.05) is 330 Å². The van der Waals surface area contributed by atoms with Crippen molar-refractivity contribution < 1.29 is 28.6 Å². The van der Waals surface area contributed by atoms with E-state index < -0.39 is 6.10 Å². The number of hydrogen-bond acceptors (Lipinski definition) is 6. The topological polar surface area (TPSA) is 78.9 Å². The van der Waals surface area contributed by atoms with Crippen LogP contribution in [0.2, 0.25) is 0 Å². The first-order valence-electron chi connectivity index (χ1n) is 34.2. The van der Waals surface area contributed by atoms with E-state index in [0.29, 0.717) is 19.3 Å². The number of ether oxygens (including phenoxy) is 3. The van der Waals surface area contributed by atoms with Crippen LogP contribution in [0.4, 0.5) is 0 Å².